The van der Waals surface area contributed by atoms with Gasteiger partial charge in [-0.2, -0.15) is 0 Å². The molecular formula is C31H43ClN4O4. The van der Waals surface area contributed by atoms with Crippen molar-refractivity contribution in [2.75, 3.05) is 33.8 Å². The van der Waals surface area contributed by atoms with E-state index in [0.29, 0.717) is 42.6 Å². The second-order valence-electron chi connectivity index (χ2n) is 11.1. The minimum Gasteiger partial charge on any atom is -0.450 e. The van der Waals surface area contributed by atoms with E-state index in [-0.39, 0.29) is 24.3 Å². The molecule has 2 amide bonds. The normalized spacial score (nSPS) is 22.5. The van der Waals surface area contributed by atoms with Gasteiger partial charge >= 0.3 is 6.09 Å². The summed E-state index contributed by atoms with van der Waals surface area (Å²) in [5.41, 5.74) is 2.18. The second-order valence-corrected chi connectivity index (χ2v) is 11.5. The number of alkyl carbamates (subject to hydrolysis) is 1. The van der Waals surface area contributed by atoms with E-state index in [0.717, 1.165) is 49.7 Å². The topological polar surface area (TPSA) is 104 Å². The molecule has 8 nitrogen and oxygen atoms in total. The molecule has 0 bridgehead atoms. The highest BCUT2D eigenvalue weighted by Crippen LogP contribution is 2.45. The zero-order valence-corrected chi connectivity index (χ0v) is 24.7. The molecule has 1 saturated heterocycles. The lowest BCUT2D eigenvalue weighted by molar-refractivity contribution is -0.141. The number of carbonyl (C=O) groups excluding carboxylic acids is 2. The third-order valence-electron chi connectivity index (χ3n) is 8.73. The van der Waals surface area contributed by atoms with Gasteiger partial charge in [0.25, 0.3) is 0 Å². The quantitative estimate of drug-likeness (QED) is 0.351. The van der Waals surface area contributed by atoms with Gasteiger partial charge in [-0.15, -0.1) is 0 Å². The number of halogens is 1. The Bertz CT molecular complexity index is 1180. The molecule has 218 valence electrons. The Morgan fingerprint density at radius 2 is 2.05 bits per heavy atom. The summed E-state index contributed by atoms with van der Waals surface area (Å²) in [4.78, 5) is 31.6. The van der Waals surface area contributed by atoms with Crippen LogP contribution in [0.4, 0.5) is 4.79 Å². The molecular weight excluding hydrogens is 528 g/mol. The summed E-state index contributed by atoms with van der Waals surface area (Å²) >= 11 is 6.80. The van der Waals surface area contributed by atoms with E-state index in [4.69, 9.17) is 16.3 Å². The molecule has 1 aliphatic heterocycles. The fraction of sp³-hybridized carbons (Fsp3) is 0.581. The van der Waals surface area contributed by atoms with Crippen LogP contribution in [0.1, 0.15) is 63.0 Å². The van der Waals surface area contributed by atoms with Gasteiger partial charge in [-0.1, -0.05) is 42.8 Å². The number of aliphatic hydroxyl groups is 1. The average Bonchev–Trinajstić information content (AvgIpc) is 3.48. The molecule has 40 heavy (non-hydrogen) atoms. The van der Waals surface area contributed by atoms with Gasteiger partial charge in [0.2, 0.25) is 5.91 Å². The Kier molecular flexibility index (Phi) is 10.4. The van der Waals surface area contributed by atoms with E-state index in [1.165, 1.54) is 12.6 Å². The van der Waals surface area contributed by atoms with Crippen molar-refractivity contribution in [1.29, 1.82) is 0 Å². The van der Waals surface area contributed by atoms with Gasteiger partial charge in [0.1, 0.15) is 0 Å². The number of aryl methyl sites for hydroxylation is 1. The van der Waals surface area contributed by atoms with E-state index >= 15 is 0 Å². The first-order valence-corrected chi connectivity index (χ1v) is 14.9. The lowest BCUT2D eigenvalue weighted by atomic mass is 9.72. The van der Waals surface area contributed by atoms with Crippen molar-refractivity contribution in [3.63, 3.8) is 0 Å². The molecule has 0 spiro atoms. The zero-order chi connectivity index (χ0) is 28.7. The molecule has 1 aliphatic carbocycles. The number of hydrogen-bond donors (Lipinski definition) is 3. The molecule has 2 aliphatic rings. The number of aromatic nitrogens is 1. The summed E-state index contributed by atoms with van der Waals surface area (Å²) < 4.78 is 5.25. The number of nitrogens with one attached hydrogen (secondary N) is 2. The van der Waals surface area contributed by atoms with Gasteiger partial charge in [-0.05, 0) is 69.5 Å². The molecule has 2 fully saturated rings. The number of hydrogen-bond acceptors (Lipinski definition) is 6. The number of piperidine rings is 1. The Balaban J connectivity index is 1.67. The standard InChI is InChI=1S/C31H43ClN4O4/c1-4-21-8-5-9-22(16-21)28-26(18-35-19-27(28)32)31(39,13-7-15-40-30(38)34-3)24-10-6-14-36(20-24)29(37)23-11-12-25(17-23)33-2/h5,8-9,16,18-19,23-25,33,39H,4,6-7,10-15,17,20H2,1-3H3,(H,34,38)/t23-,24-,25+,31+/m1/s1. The van der Waals surface area contributed by atoms with Crippen molar-refractivity contribution in [3.8, 4) is 11.1 Å². The number of nitrogens with zero attached hydrogens (tertiary/aromatic N) is 2. The minimum absolute atomic E-state index is 0.0189. The van der Waals surface area contributed by atoms with Crippen LogP contribution in [0.25, 0.3) is 11.1 Å². The number of likely N-dealkylation sites (tertiary alicyclic amines) is 1. The summed E-state index contributed by atoms with van der Waals surface area (Å²) in [6, 6.07) is 8.58. The smallest absolute Gasteiger partial charge is 0.406 e. The molecule has 0 unspecified atom stereocenters. The summed E-state index contributed by atoms with van der Waals surface area (Å²) in [6.07, 6.45) is 8.82. The third-order valence-corrected chi connectivity index (χ3v) is 9.01. The third kappa shape index (κ3) is 6.78. The summed E-state index contributed by atoms with van der Waals surface area (Å²) in [6.45, 7) is 3.44. The Hall–Kier alpha value is -2.68. The maximum Gasteiger partial charge on any atom is 0.406 e. The first-order valence-electron chi connectivity index (χ1n) is 14.6. The van der Waals surface area contributed by atoms with Crippen LogP contribution in [0.2, 0.25) is 5.02 Å². The van der Waals surface area contributed by atoms with Gasteiger partial charge in [-0.25, -0.2) is 4.79 Å². The molecule has 4 atom stereocenters. The van der Waals surface area contributed by atoms with Crippen LogP contribution in [0, 0.1) is 11.8 Å². The van der Waals surface area contributed by atoms with Crippen molar-refractivity contribution >= 4 is 23.6 Å². The molecule has 9 heteroatoms. The Labute approximate surface area is 242 Å². The van der Waals surface area contributed by atoms with E-state index < -0.39 is 11.7 Å². The van der Waals surface area contributed by atoms with Gasteiger partial charge in [-0.3, -0.25) is 9.78 Å². The van der Waals surface area contributed by atoms with Gasteiger partial charge in [0, 0.05) is 61.5 Å². The summed E-state index contributed by atoms with van der Waals surface area (Å²) in [5, 5.41) is 18.9. The van der Waals surface area contributed by atoms with Gasteiger partial charge < -0.3 is 25.4 Å². The lowest BCUT2D eigenvalue weighted by Crippen LogP contribution is -2.49. The van der Waals surface area contributed by atoms with Gasteiger partial charge in [0.05, 0.1) is 17.2 Å². The zero-order valence-electron chi connectivity index (χ0n) is 23.9. The number of ether oxygens (including phenoxy) is 1. The average molecular weight is 571 g/mol. The second kappa shape index (κ2) is 13.8. The van der Waals surface area contributed by atoms with Crippen molar-refractivity contribution in [2.45, 2.75) is 69.9 Å². The molecule has 1 saturated carbocycles. The van der Waals surface area contributed by atoms with Crippen LogP contribution in [0.15, 0.2) is 36.7 Å². The number of amides is 2. The first-order chi connectivity index (χ1) is 19.3. The molecule has 3 N–H and O–H groups in total. The van der Waals surface area contributed by atoms with Crippen LogP contribution in [0.5, 0.6) is 0 Å². The minimum atomic E-state index is -1.33. The molecule has 4 rings (SSSR count). The number of rotatable bonds is 10. The predicted molar refractivity (Wildman–Crippen MR) is 157 cm³/mol. The Morgan fingerprint density at radius 3 is 2.77 bits per heavy atom. The molecule has 1 aromatic heterocycles. The first kappa shape index (κ1) is 30.3. The highest BCUT2D eigenvalue weighted by Gasteiger charge is 2.44. The number of carbonyl (C=O) groups is 2. The van der Waals surface area contributed by atoms with E-state index in [1.807, 2.05) is 24.1 Å². The fourth-order valence-electron chi connectivity index (χ4n) is 6.43. The van der Waals surface area contributed by atoms with E-state index in [9.17, 15) is 14.7 Å². The maximum atomic E-state index is 13.6. The van der Waals surface area contributed by atoms with E-state index in [1.54, 1.807) is 12.4 Å². The molecule has 2 heterocycles. The summed E-state index contributed by atoms with van der Waals surface area (Å²) in [7, 11) is 3.47. The molecule has 2 aromatic rings. The molecule has 1 aromatic carbocycles. The highest BCUT2D eigenvalue weighted by atomic mass is 35.5. The largest absolute Gasteiger partial charge is 0.450 e. The highest BCUT2D eigenvalue weighted by molar-refractivity contribution is 6.33. The SMILES string of the molecule is CCc1cccc(-c2c(Cl)cncc2[C@](O)(CCCOC(=O)NC)[C@@H]2CCCN(C(=O)[C@@H]3CC[C@H](NC)C3)C2)c1. The Morgan fingerprint density at radius 1 is 1.23 bits per heavy atom. The number of benzene rings is 1. The van der Waals surface area contributed by atoms with Gasteiger partial charge in [0.15, 0.2) is 0 Å². The van der Waals surface area contributed by atoms with Crippen LogP contribution in [-0.2, 0) is 21.6 Å². The fourth-order valence-corrected chi connectivity index (χ4v) is 6.70. The van der Waals surface area contributed by atoms with Crippen molar-refractivity contribution < 1.29 is 19.4 Å². The van der Waals surface area contributed by atoms with Crippen LogP contribution < -0.4 is 10.6 Å². The monoisotopic (exact) mass is 570 g/mol. The maximum absolute atomic E-state index is 13.6. The molecule has 0 radical (unpaired) electrons. The lowest BCUT2D eigenvalue weighted by Gasteiger charge is -2.44. The van der Waals surface area contributed by atoms with Crippen molar-refractivity contribution in [1.82, 2.24) is 20.5 Å². The van der Waals surface area contributed by atoms with Crippen LogP contribution >= 0.6 is 11.6 Å². The van der Waals surface area contributed by atoms with Crippen molar-refractivity contribution in [3.05, 3.63) is 52.8 Å². The van der Waals surface area contributed by atoms with Crippen molar-refractivity contribution in [2.24, 2.45) is 11.8 Å². The van der Waals surface area contributed by atoms with E-state index in [2.05, 4.69) is 34.7 Å². The van der Waals surface area contributed by atoms with Crippen LogP contribution in [-0.4, -0.2) is 66.8 Å². The number of pyridine rings is 1. The van der Waals surface area contributed by atoms with Crippen LogP contribution in [0.3, 0.4) is 0 Å². The predicted octanol–water partition coefficient (Wildman–Crippen LogP) is 4.91. The summed E-state index contributed by atoms with van der Waals surface area (Å²) in [5.74, 6) is -0.0154.